The number of likely N-dealkylation sites (tertiary alicyclic amines) is 1. The maximum atomic E-state index is 12.9. The number of primary amides is 1. The van der Waals surface area contributed by atoms with Gasteiger partial charge in [0.15, 0.2) is 0 Å². The van der Waals surface area contributed by atoms with Crippen LogP contribution < -0.4 is 16.4 Å². The molecule has 0 unspecified atom stereocenters. The summed E-state index contributed by atoms with van der Waals surface area (Å²) in [7, 11) is 1.26. The average Bonchev–Trinajstić information content (AvgIpc) is 3.29. The van der Waals surface area contributed by atoms with Crippen LogP contribution in [-0.4, -0.2) is 54.5 Å². The van der Waals surface area contributed by atoms with Crippen LogP contribution in [0.1, 0.15) is 28.8 Å². The second kappa shape index (κ2) is 10.4. The van der Waals surface area contributed by atoms with Gasteiger partial charge in [0.2, 0.25) is 11.8 Å². The number of hydrogen-bond donors (Lipinski definition) is 3. The maximum absolute atomic E-state index is 12.9. The van der Waals surface area contributed by atoms with Crippen molar-refractivity contribution in [3.63, 3.8) is 0 Å². The first-order valence-electron chi connectivity index (χ1n) is 10.3. The molecule has 0 saturated carbocycles. The third-order valence-corrected chi connectivity index (χ3v) is 5.33. The molecule has 1 aliphatic heterocycles. The van der Waals surface area contributed by atoms with Crippen LogP contribution in [0.4, 0.5) is 10.5 Å². The molecule has 3 rings (SSSR count). The Morgan fingerprint density at radius 1 is 1.09 bits per heavy atom. The van der Waals surface area contributed by atoms with Gasteiger partial charge >= 0.3 is 12.0 Å². The number of nitrogens with two attached hydrogens (primary N) is 1. The molecule has 1 fully saturated rings. The van der Waals surface area contributed by atoms with Gasteiger partial charge in [0, 0.05) is 13.0 Å². The van der Waals surface area contributed by atoms with Gasteiger partial charge < -0.3 is 26.0 Å². The summed E-state index contributed by atoms with van der Waals surface area (Å²) >= 11 is 0. The Kier molecular flexibility index (Phi) is 7.43. The van der Waals surface area contributed by atoms with E-state index < -0.39 is 35.9 Å². The van der Waals surface area contributed by atoms with Gasteiger partial charge in [-0.05, 0) is 30.5 Å². The first-order valence-corrected chi connectivity index (χ1v) is 10.3. The normalized spacial score (nSPS) is 16.2. The van der Waals surface area contributed by atoms with Gasteiger partial charge in [0.1, 0.15) is 12.1 Å². The molecule has 4 N–H and O–H groups in total. The number of methoxy groups -OCH3 is 1. The second-order valence-corrected chi connectivity index (χ2v) is 7.47. The fourth-order valence-corrected chi connectivity index (χ4v) is 3.69. The molecule has 0 aromatic heterocycles. The molecule has 4 amide bonds. The standard InChI is InChI=1S/C23H26N4O5/c1-32-22(30)16-10-5-6-11-17(16)26-23(31)27-13-7-12-19(27)21(29)25-18(20(24)28)14-15-8-3-2-4-9-15/h2-6,8-11,18-19H,7,12-14H2,1H3,(H2,24,28)(H,25,29)(H,26,31)/t18-,19-/m0/s1. The van der Waals surface area contributed by atoms with E-state index in [2.05, 4.69) is 10.6 Å². The van der Waals surface area contributed by atoms with Crippen molar-refractivity contribution in [2.24, 2.45) is 5.73 Å². The summed E-state index contributed by atoms with van der Waals surface area (Å²) in [4.78, 5) is 51.1. The van der Waals surface area contributed by atoms with Crippen LogP contribution in [-0.2, 0) is 20.7 Å². The van der Waals surface area contributed by atoms with E-state index in [9.17, 15) is 19.2 Å². The predicted octanol–water partition coefficient (Wildman–Crippen LogP) is 1.68. The van der Waals surface area contributed by atoms with Crippen LogP contribution in [0.15, 0.2) is 54.6 Å². The summed E-state index contributed by atoms with van der Waals surface area (Å²) in [5, 5.41) is 5.37. The lowest BCUT2D eigenvalue weighted by molar-refractivity contribution is -0.129. The van der Waals surface area contributed by atoms with E-state index in [-0.39, 0.29) is 17.7 Å². The molecule has 2 aromatic carbocycles. The monoisotopic (exact) mass is 438 g/mol. The van der Waals surface area contributed by atoms with Crippen LogP contribution in [0.25, 0.3) is 0 Å². The van der Waals surface area contributed by atoms with Crippen LogP contribution in [0, 0.1) is 0 Å². The van der Waals surface area contributed by atoms with Gasteiger partial charge in [-0.3, -0.25) is 9.59 Å². The molecule has 1 saturated heterocycles. The van der Waals surface area contributed by atoms with Crippen molar-refractivity contribution in [1.82, 2.24) is 10.2 Å². The van der Waals surface area contributed by atoms with Crippen molar-refractivity contribution in [2.45, 2.75) is 31.3 Å². The third-order valence-electron chi connectivity index (χ3n) is 5.33. The Labute approximate surface area is 185 Å². The number of nitrogens with zero attached hydrogens (tertiary/aromatic N) is 1. The lowest BCUT2D eigenvalue weighted by atomic mass is 10.0. The van der Waals surface area contributed by atoms with E-state index >= 15 is 0 Å². The predicted molar refractivity (Wildman–Crippen MR) is 118 cm³/mol. The van der Waals surface area contributed by atoms with Gasteiger partial charge in [-0.1, -0.05) is 42.5 Å². The summed E-state index contributed by atoms with van der Waals surface area (Å²) in [6, 6.07) is 13.5. The number of ether oxygens (including phenoxy) is 1. The molecule has 9 nitrogen and oxygen atoms in total. The molecule has 9 heteroatoms. The Morgan fingerprint density at radius 2 is 1.78 bits per heavy atom. The Bertz CT molecular complexity index is 995. The molecule has 32 heavy (non-hydrogen) atoms. The molecule has 168 valence electrons. The Morgan fingerprint density at radius 3 is 2.47 bits per heavy atom. The fourth-order valence-electron chi connectivity index (χ4n) is 3.69. The summed E-state index contributed by atoms with van der Waals surface area (Å²) in [5.41, 5.74) is 6.85. The zero-order valence-corrected chi connectivity index (χ0v) is 17.7. The van der Waals surface area contributed by atoms with Gasteiger partial charge in [-0.2, -0.15) is 0 Å². The zero-order valence-electron chi connectivity index (χ0n) is 17.7. The number of carbonyl (C=O) groups is 4. The third kappa shape index (κ3) is 5.42. The summed E-state index contributed by atoms with van der Waals surface area (Å²) < 4.78 is 4.75. The van der Waals surface area contributed by atoms with Crippen LogP contribution >= 0.6 is 0 Å². The number of hydrogen-bond acceptors (Lipinski definition) is 5. The van der Waals surface area contributed by atoms with Crippen molar-refractivity contribution in [3.05, 3.63) is 65.7 Å². The number of urea groups is 1. The highest BCUT2D eigenvalue weighted by atomic mass is 16.5. The Balaban J connectivity index is 1.69. The fraction of sp³-hybridized carbons (Fsp3) is 0.304. The van der Waals surface area contributed by atoms with E-state index in [1.807, 2.05) is 30.3 Å². The molecule has 2 atom stereocenters. The molecule has 0 bridgehead atoms. The van der Waals surface area contributed by atoms with Crippen molar-refractivity contribution in [2.75, 3.05) is 19.0 Å². The zero-order chi connectivity index (χ0) is 23.1. The first kappa shape index (κ1) is 22.8. The number of rotatable bonds is 7. The topological polar surface area (TPSA) is 131 Å². The largest absolute Gasteiger partial charge is 0.465 e. The van der Waals surface area contributed by atoms with Crippen LogP contribution in [0.5, 0.6) is 0 Å². The number of nitrogens with one attached hydrogen (secondary N) is 2. The molecular weight excluding hydrogens is 412 g/mol. The molecular formula is C23H26N4O5. The van der Waals surface area contributed by atoms with E-state index in [4.69, 9.17) is 10.5 Å². The van der Waals surface area contributed by atoms with Gasteiger partial charge in [0.05, 0.1) is 18.4 Å². The molecule has 1 aliphatic rings. The number of anilines is 1. The first-order chi connectivity index (χ1) is 15.4. The van der Waals surface area contributed by atoms with Crippen molar-refractivity contribution in [1.29, 1.82) is 0 Å². The highest BCUT2D eigenvalue weighted by Gasteiger charge is 2.36. The van der Waals surface area contributed by atoms with E-state index in [1.54, 1.807) is 18.2 Å². The molecule has 1 heterocycles. The average molecular weight is 438 g/mol. The highest BCUT2D eigenvalue weighted by Crippen LogP contribution is 2.22. The lowest BCUT2D eigenvalue weighted by Crippen LogP contribution is -2.53. The van der Waals surface area contributed by atoms with Crippen LogP contribution in [0.3, 0.4) is 0 Å². The number of benzene rings is 2. The minimum absolute atomic E-state index is 0.209. The second-order valence-electron chi connectivity index (χ2n) is 7.47. The lowest BCUT2D eigenvalue weighted by Gasteiger charge is -2.26. The van der Waals surface area contributed by atoms with Crippen LogP contribution in [0.2, 0.25) is 0 Å². The summed E-state index contributed by atoms with van der Waals surface area (Å²) in [5.74, 6) is -1.68. The number of esters is 1. The summed E-state index contributed by atoms with van der Waals surface area (Å²) in [6.07, 6.45) is 1.34. The van der Waals surface area contributed by atoms with Crippen molar-refractivity contribution >= 4 is 29.5 Å². The quantitative estimate of drug-likeness (QED) is 0.566. The smallest absolute Gasteiger partial charge is 0.339 e. The molecule has 0 aliphatic carbocycles. The molecule has 0 spiro atoms. The summed E-state index contributed by atoms with van der Waals surface area (Å²) in [6.45, 7) is 0.365. The van der Waals surface area contributed by atoms with Crippen molar-refractivity contribution < 1.29 is 23.9 Å². The molecule has 0 radical (unpaired) electrons. The minimum atomic E-state index is -0.893. The highest BCUT2D eigenvalue weighted by molar-refractivity contribution is 6.02. The SMILES string of the molecule is COC(=O)c1ccccc1NC(=O)N1CCC[C@H]1C(=O)N[C@@H](Cc1ccccc1)C(N)=O. The van der Waals surface area contributed by atoms with E-state index in [0.29, 0.717) is 19.4 Å². The molecule has 2 aromatic rings. The van der Waals surface area contributed by atoms with Gasteiger partial charge in [-0.25, -0.2) is 9.59 Å². The maximum Gasteiger partial charge on any atom is 0.339 e. The van der Waals surface area contributed by atoms with Gasteiger partial charge in [0.25, 0.3) is 0 Å². The Hall–Kier alpha value is -3.88. The number of para-hydroxylation sites is 1. The van der Waals surface area contributed by atoms with Gasteiger partial charge in [-0.15, -0.1) is 0 Å². The van der Waals surface area contributed by atoms with Crippen molar-refractivity contribution in [3.8, 4) is 0 Å². The van der Waals surface area contributed by atoms with E-state index in [0.717, 1.165) is 5.56 Å². The number of amides is 4. The van der Waals surface area contributed by atoms with E-state index in [1.165, 1.54) is 18.1 Å². The number of carbonyl (C=O) groups excluding carboxylic acids is 4. The minimum Gasteiger partial charge on any atom is -0.465 e.